The second-order valence-electron chi connectivity index (χ2n) is 14.0. The zero-order valence-corrected chi connectivity index (χ0v) is 30.0. The van der Waals surface area contributed by atoms with Gasteiger partial charge < -0.3 is 14.4 Å². The van der Waals surface area contributed by atoms with E-state index in [9.17, 15) is 13.8 Å². The summed E-state index contributed by atoms with van der Waals surface area (Å²) in [6.07, 6.45) is 13.8. The summed E-state index contributed by atoms with van der Waals surface area (Å²) in [6, 6.07) is 13.3. The number of aryl methyl sites for hydroxylation is 2. The Balaban J connectivity index is 1.24. The first-order chi connectivity index (χ1) is 24.2. The summed E-state index contributed by atoms with van der Waals surface area (Å²) in [7, 11) is -1.66. The number of allylic oxidation sites excluding steroid dienone is 1. The number of amides is 2. The first-order valence-electron chi connectivity index (χ1n) is 17.6. The van der Waals surface area contributed by atoms with Crippen molar-refractivity contribution in [1.82, 2.24) is 14.7 Å². The van der Waals surface area contributed by atoms with Gasteiger partial charge in [0.05, 0.1) is 24.2 Å². The fourth-order valence-corrected chi connectivity index (χ4v) is 9.87. The van der Waals surface area contributed by atoms with Crippen molar-refractivity contribution in [2.24, 2.45) is 16.2 Å². The molecule has 1 saturated carbocycles. The first kappa shape index (κ1) is 34.6. The highest BCUT2D eigenvalue weighted by atomic mass is 35.5. The van der Waals surface area contributed by atoms with Crippen LogP contribution in [0.15, 0.2) is 71.5 Å². The molecule has 50 heavy (non-hydrogen) atoms. The molecule has 3 aromatic rings. The van der Waals surface area contributed by atoms with Crippen LogP contribution in [0.5, 0.6) is 5.75 Å². The molecule has 1 aromatic heterocycles. The number of halogens is 1. The number of ether oxygens (including phenoxy) is 2. The molecule has 0 saturated heterocycles. The summed E-state index contributed by atoms with van der Waals surface area (Å²) in [5.74, 6) is 0.412. The van der Waals surface area contributed by atoms with Crippen LogP contribution in [0.4, 0.5) is 5.69 Å². The Bertz CT molecular complexity index is 1900. The normalized spacial score (nSPS) is 28.6. The zero-order chi connectivity index (χ0) is 34.7. The third kappa shape index (κ3) is 7.45. The van der Waals surface area contributed by atoms with Crippen LogP contribution in [0, 0.1) is 11.8 Å². The molecule has 4 aliphatic rings. The highest BCUT2D eigenvalue weighted by Gasteiger charge is 2.44. The second kappa shape index (κ2) is 14.8. The summed E-state index contributed by atoms with van der Waals surface area (Å²) < 4.78 is 33.7. The number of nitrogens with one attached hydrogen (secondary N) is 1. The van der Waals surface area contributed by atoms with Gasteiger partial charge in [0.1, 0.15) is 22.0 Å². The van der Waals surface area contributed by atoms with Gasteiger partial charge in [0, 0.05) is 54.5 Å². The molecule has 12 heteroatoms. The van der Waals surface area contributed by atoms with E-state index >= 15 is 0 Å². The number of carbonyl (C=O) groups is 2. The Morgan fingerprint density at radius 2 is 2.08 bits per heavy atom. The van der Waals surface area contributed by atoms with E-state index in [0.717, 1.165) is 55.9 Å². The topological polar surface area (TPSA) is 123 Å². The predicted molar refractivity (Wildman–Crippen MR) is 194 cm³/mol. The van der Waals surface area contributed by atoms with Gasteiger partial charge in [-0.15, -0.1) is 4.36 Å². The lowest BCUT2D eigenvalue weighted by atomic mass is 9.68. The highest BCUT2D eigenvalue weighted by Crippen LogP contribution is 2.47. The van der Waals surface area contributed by atoms with E-state index < -0.39 is 21.7 Å². The van der Waals surface area contributed by atoms with E-state index in [4.69, 9.17) is 21.1 Å². The standard InChI is InChI=1S/C38H44ClN5O5S/c1-48-34-7-3-2-4-19-50(47,42-36(45)15-11-30-16-18-40-25-41-30)43-37(46)27-9-14-35-33(21-27)44(22-28-8-12-31(28)34)23-38(24-49-35)17-5-6-26-20-29(39)10-13-32(26)38/h3,7,9-10,13-14,16,18,20-21,25,28,31,34H,2,4-6,8,11-12,15,17,19,22-24H2,1H3,(H,42,43,45,46,47)/b7-3+/t28-,31+,34-,38-,50+/m0/s1. The van der Waals surface area contributed by atoms with Gasteiger partial charge in [-0.1, -0.05) is 29.8 Å². The predicted octanol–water partition coefficient (Wildman–Crippen LogP) is 6.27. The molecule has 2 bridgehead atoms. The Morgan fingerprint density at radius 3 is 2.88 bits per heavy atom. The Kier molecular flexibility index (Phi) is 10.3. The number of hydrogen-bond donors (Lipinski definition) is 1. The van der Waals surface area contributed by atoms with Gasteiger partial charge in [0.15, 0.2) is 0 Å². The lowest BCUT2D eigenvalue weighted by Gasteiger charge is -2.46. The third-order valence-corrected chi connectivity index (χ3v) is 12.9. The van der Waals surface area contributed by atoms with Crippen molar-refractivity contribution in [1.29, 1.82) is 0 Å². The monoisotopic (exact) mass is 717 g/mol. The van der Waals surface area contributed by atoms with Gasteiger partial charge in [0.2, 0.25) is 5.91 Å². The van der Waals surface area contributed by atoms with E-state index in [2.05, 4.69) is 48.2 Å². The SMILES string of the molecule is CO[C@H]1/C=C/CCC[S@@](=O)(NC(=O)CCc2ccncn2)=NC(=O)c2ccc3c(c2)N(C[C@@H]2CC[C@H]21)C[C@@]1(CCCc2cc(Cl)ccc21)CO3. The number of fused-ring (bicyclic) bond motifs is 4. The Hall–Kier alpha value is -3.80. The molecule has 1 N–H and O–H groups in total. The molecular formula is C38H44ClN5O5S. The van der Waals surface area contributed by atoms with E-state index in [1.165, 1.54) is 17.5 Å². The van der Waals surface area contributed by atoms with Crippen LogP contribution in [0.25, 0.3) is 0 Å². The van der Waals surface area contributed by atoms with E-state index in [1.807, 2.05) is 18.2 Å². The molecule has 0 radical (unpaired) electrons. The quantitative estimate of drug-likeness (QED) is 0.307. The maximum atomic E-state index is 14.2. The zero-order valence-electron chi connectivity index (χ0n) is 28.4. The van der Waals surface area contributed by atoms with Crippen molar-refractivity contribution in [3.8, 4) is 5.75 Å². The number of benzene rings is 2. The third-order valence-electron chi connectivity index (χ3n) is 10.8. The van der Waals surface area contributed by atoms with Gasteiger partial charge in [-0.25, -0.2) is 14.2 Å². The summed E-state index contributed by atoms with van der Waals surface area (Å²) in [5, 5.41) is 0.741. The fraction of sp³-hybridized carbons (Fsp3) is 0.474. The molecule has 2 aliphatic heterocycles. The minimum Gasteiger partial charge on any atom is -0.490 e. The summed E-state index contributed by atoms with van der Waals surface area (Å²) in [4.78, 5) is 37.4. The molecule has 0 unspecified atom stereocenters. The van der Waals surface area contributed by atoms with Crippen LogP contribution < -0.4 is 14.4 Å². The van der Waals surface area contributed by atoms with Gasteiger partial charge in [-0.05, 0) is 111 Å². The first-order valence-corrected chi connectivity index (χ1v) is 19.7. The van der Waals surface area contributed by atoms with Crippen molar-refractivity contribution in [2.45, 2.75) is 69.3 Å². The van der Waals surface area contributed by atoms with Crippen LogP contribution in [-0.2, 0) is 37.7 Å². The van der Waals surface area contributed by atoms with Crippen LogP contribution in [-0.4, -0.2) is 64.7 Å². The highest BCUT2D eigenvalue weighted by molar-refractivity contribution is 7.92. The maximum Gasteiger partial charge on any atom is 0.286 e. The maximum absolute atomic E-state index is 14.2. The second-order valence-corrected chi connectivity index (χ2v) is 16.5. The Labute approximate surface area is 299 Å². The number of anilines is 1. The van der Waals surface area contributed by atoms with Crippen LogP contribution in [0.1, 0.15) is 72.1 Å². The molecule has 7 rings (SSSR count). The molecule has 10 nitrogen and oxygen atoms in total. The average molecular weight is 718 g/mol. The lowest BCUT2D eigenvalue weighted by molar-refractivity contribution is -0.119. The Morgan fingerprint density at radius 1 is 1.18 bits per heavy atom. The minimum atomic E-state index is -3.43. The van der Waals surface area contributed by atoms with Gasteiger partial charge >= 0.3 is 0 Å². The van der Waals surface area contributed by atoms with E-state index in [-0.39, 0.29) is 23.7 Å². The van der Waals surface area contributed by atoms with Crippen LogP contribution in [0.3, 0.4) is 0 Å². The molecule has 264 valence electrons. The molecule has 2 amide bonds. The van der Waals surface area contributed by atoms with Gasteiger partial charge in [-0.2, -0.15) is 0 Å². The fourth-order valence-electron chi connectivity index (χ4n) is 8.05. The number of hydrogen-bond acceptors (Lipinski definition) is 8. The summed E-state index contributed by atoms with van der Waals surface area (Å²) >= 11 is 6.45. The van der Waals surface area contributed by atoms with E-state index in [0.29, 0.717) is 54.7 Å². The smallest absolute Gasteiger partial charge is 0.286 e. The molecule has 1 fully saturated rings. The number of aromatic nitrogens is 2. The van der Waals surface area contributed by atoms with Crippen molar-refractivity contribution < 1.29 is 23.3 Å². The number of carbonyl (C=O) groups excluding carboxylic acids is 2. The molecule has 5 atom stereocenters. The van der Waals surface area contributed by atoms with Gasteiger partial charge in [0.25, 0.3) is 5.91 Å². The largest absolute Gasteiger partial charge is 0.490 e. The number of rotatable bonds is 5. The van der Waals surface area contributed by atoms with E-state index in [1.54, 1.807) is 25.4 Å². The summed E-state index contributed by atoms with van der Waals surface area (Å²) in [6.45, 7) is 2.02. The molecule has 2 aliphatic carbocycles. The molecule has 3 heterocycles. The molecule has 1 spiro atoms. The van der Waals surface area contributed by atoms with Gasteiger partial charge in [-0.3, -0.25) is 14.3 Å². The number of methoxy groups -OCH3 is 1. The van der Waals surface area contributed by atoms with Crippen molar-refractivity contribution in [2.75, 3.05) is 37.5 Å². The lowest BCUT2D eigenvalue weighted by Crippen LogP contribution is -2.49. The van der Waals surface area contributed by atoms with Crippen LogP contribution in [0.2, 0.25) is 5.02 Å². The summed E-state index contributed by atoms with van der Waals surface area (Å²) in [5.41, 5.74) is 4.11. The van der Waals surface area contributed by atoms with Crippen LogP contribution >= 0.6 is 11.6 Å². The number of nitrogens with zero attached hydrogens (tertiary/aromatic N) is 4. The average Bonchev–Trinajstić information content (AvgIpc) is 3.25. The van der Waals surface area contributed by atoms with Crippen molar-refractivity contribution >= 4 is 39.0 Å². The molecule has 2 aromatic carbocycles. The van der Waals surface area contributed by atoms with Crippen molar-refractivity contribution in [3.05, 3.63) is 94.5 Å². The minimum absolute atomic E-state index is 0.0398. The molecular weight excluding hydrogens is 674 g/mol. The van der Waals surface area contributed by atoms with Crippen molar-refractivity contribution in [3.63, 3.8) is 0 Å².